The summed E-state index contributed by atoms with van der Waals surface area (Å²) in [4.78, 5) is 23.4. The summed E-state index contributed by atoms with van der Waals surface area (Å²) in [6, 6.07) is 35.7. The third-order valence-electron chi connectivity index (χ3n) is 14.2. The van der Waals surface area contributed by atoms with Gasteiger partial charge in [-0.1, -0.05) is 96.9 Å². The fourth-order valence-electron chi connectivity index (χ4n) is 11.0. The third kappa shape index (κ3) is 9.29. The maximum absolute atomic E-state index is 15.1. The molecule has 2 fully saturated rings. The average molecular weight is 905 g/mol. The van der Waals surface area contributed by atoms with E-state index in [0.717, 1.165) is 83.0 Å². The topological polar surface area (TPSA) is 129 Å². The standard InChI is InChI=1S/C56H60N2O9/c1-2-28-64-56-52(58(55(61)40-19-20-40)34-38-18-24-50-51(29-38)63-36-62-50)33-48(57-65-35-37-12-4-3-5-13-37)46-31-42(16-8-10-26-59)45(17-9-11-27-60)53(54(46)56)47-32-44(23-25-49(47)67-56)66-43-22-21-39-14-6-7-15-41(39)30-43/h2-7,12-15,18,21-25,29-32,40,42,45,52-54,59-60H,1,8-11,16-17,19-20,26-28,33-36H2. The van der Waals surface area contributed by atoms with E-state index in [-0.39, 0.29) is 69.3 Å². The molecule has 6 atom stereocenters. The molecule has 11 heteroatoms. The Kier molecular flexibility index (Phi) is 13.3. The number of hydrogen-bond acceptors (Lipinski definition) is 10. The van der Waals surface area contributed by atoms with Crippen molar-refractivity contribution in [1.82, 2.24) is 4.90 Å². The number of oxime groups is 1. The van der Waals surface area contributed by atoms with Crippen LogP contribution in [0.3, 0.4) is 0 Å². The Morgan fingerprint density at radius 2 is 1.55 bits per heavy atom. The lowest BCUT2D eigenvalue weighted by Crippen LogP contribution is -2.70. The molecule has 2 saturated carbocycles. The Hall–Kier alpha value is -6.14. The van der Waals surface area contributed by atoms with Crippen molar-refractivity contribution >= 4 is 22.4 Å². The number of amides is 1. The van der Waals surface area contributed by atoms with Crippen LogP contribution in [0.25, 0.3) is 10.8 Å². The minimum Gasteiger partial charge on any atom is -0.459 e. The van der Waals surface area contributed by atoms with E-state index in [1.54, 1.807) is 6.08 Å². The van der Waals surface area contributed by atoms with Gasteiger partial charge in [-0.3, -0.25) is 4.79 Å². The predicted molar refractivity (Wildman–Crippen MR) is 256 cm³/mol. The van der Waals surface area contributed by atoms with Crippen LogP contribution in [0.1, 0.15) is 80.4 Å². The molecule has 0 spiro atoms. The SMILES string of the molecule is C=CCOC12Oc3ccc(Oc4ccc5ccccc5c4)cc3C3C(CCCCO)C(CCCCO)C=C(C(=NOCc4ccccc4)CC1N(Cc1ccc4c(c1)OCO4)C(=O)C1CC1)C32. The zero-order chi connectivity index (χ0) is 45.7. The summed E-state index contributed by atoms with van der Waals surface area (Å²) in [6.45, 7) is 5.20. The molecule has 0 saturated heterocycles. The van der Waals surface area contributed by atoms with Crippen LogP contribution in [0.15, 0.2) is 139 Å². The highest BCUT2D eigenvalue weighted by Crippen LogP contribution is 2.62. The van der Waals surface area contributed by atoms with E-state index in [2.05, 4.69) is 43.0 Å². The number of ether oxygens (including phenoxy) is 5. The van der Waals surface area contributed by atoms with Crippen LogP contribution in [0.2, 0.25) is 0 Å². The van der Waals surface area contributed by atoms with E-state index < -0.39 is 17.7 Å². The lowest BCUT2D eigenvalue weighted by molar-refractivity contribution is -0.258. The molecule has 0 radical (unpaired) electrons. The summed E-state index contributed by atoms with van der Waals surface area (Å²) in [7, 11) is 0. The molecular weight excluding hydrogens is 845 g/mol. The molecule has 11 nitrogen and oxygen atoms in total. The molecule has 5 aromatic carbocycles. The average Bonchev–Trinajstić information content (AvgIpc) is 4.11. The van der Waals surface area contributed by atoms with E-state index in [1.165, 1.54) is 0 Å². The fourth-order valence-corrected chi connectivity index (χ4v) is 11.0. The van der Waals surface area contributed by atoms with Crippen molar-refractivity contribution in [2.45, 2.75) is 88.7 Å². The summed E-state index contributed by atoms with van der Waals surface area (Å²) >= 11 is 0. The maximum atomic E-state index is 15.1. The molecule has 2 N–H and O–H groups in total. The summed E-state index contributed by atoms with van der Waals surface area (Å²) in [6.07, 6.45) is 10.7. The molecule has 1 amide bonds. The highest BCUT2D eigenvalue weighted by Gasteiger charge is 2.66. The number of carbonyl (C=O) groups excluding carboxylic acids is 1. The predicted octanol–water partition coefficient (Wildman–Crippen LogP) is 10.6. The Balaban J connectivity index is 1.15. The molecule has 2 heterocycles. The van der Waals surface area contributed by atoms with E-state index in [0.29, 0.717) is 42.3 Å². The van der Waals surface area contributed by atoms with Crippen LogP contribution in [-0.2, 0) is 27.5 Å². The Morgan fingerprint density at radius 1 is 0.806 bits per heavy atom. The Bertz CT molecular complexity index is 2630. The number of aliphatic hydroxyl groups is 2. The monoisotopic (exact) mass is 904 g/mol. The molecule has 10 rings (SSSR count). The Labute approximate surface area is 392 Å². The third-order valence-corrected chi connectivity index (χ3v) is 14.2. The van der Waals surface area contributed by atoms with Gasteiger partial charge in [-0.05, 0) is 120 Å². The quantitative estimate of drug-likeness (QED) is 0.0446. The molecule has 3 aliphatic carbocycles. The number of unbranched alkanes of at least 4 members (excludes halogenated alkanes) is 2. The van der Waals surface area contributed by atoms with E-state index >= 15 is 4.79 Å². The number of allylic oxidation sites excluding steroid dienone is 1. The van der Waals surface area contributed by atoms with Gasteiger partial charge in [0, 0.05) is 43.6 Å². The normalized spacial score (nSPS) is 24.0. The number of benzene rings is 5. The van der Waals surface area contributed by atoms with Gasteiger partial charge in [0.2, 0.25) is 18.5 Å². The lowest BCUT2D eigenvalue weighted by Gasteiger charge is -2.60. The summed E-state index contributed by atoms with van der Waals surface area (Å²) in [5.41, 5.74) is 4.62. The first kappa shape index (κ1) is 44.7. The molecule has 2 aliphatic heterocycles. The first-order valence-corrected chi connectivity index (χ1v) is 24.1. The van der Waals surface area contributed by atoms with Gasteiger partial charge in [-0.25, -0.2) is 0 Å². The summed E-state index contributed by atoms with van der Waals surface area (Å²) in [5, 5.41) is 27.4. The van der Waals surface area contributed by atoms with Gasteiger partial charge in [-0.2, -0.15) is 0 Å². The van der Waals surface area contributed by atoms with Crippen molar-refractivity contribution in [3.8, 4) is 28.7 Å². The van der Waals surface area contributed by atoms with Gasteiger partial charge in [0.25, 0.3) is 0 Å². The van der Waals surface area contributed by atoms with Gasteiger partial charge in [0.1, 0.15) is 29.9 Å². The molecule has 5 aliphatic rings. The van der Waals surface area contributed by atoms with Crippen LogP contribution >= 0.6 is 0 Å². The minimum atomic E-state index is -1.39. The van der Waals surface area contributed by atoms with Crippen molar-refractivity contribution in [2.75, 3.05) is 26.6 Å². The van der Waals surface area contributed by atoms with Crippen LogP contribution < -0.4 is 18.9 Å². The maximum Gasteiger partial charge on any atom is 0.239 e. The number of aliphatic hydroxyl groups excluding tert-OH is 2. The second-order valence-electron chi connectivity index (χ2n) is 18.6. The molecule has 67 heavy (non-hydrogen) atoms. The summed E-state index contributed by atoms with van der Waals surface area (Å²) < 4.78 is 33.0. The lowest BCUT2D eigenvalue weighted by atomic mass is 9.55. The van der Waals surface area contributed by atoms with Gasteiger partial charge in [0.05, 0.1) is 18.2 Å². The molecule has 0 aromatic heterocycles. The van der Waals surface area contributed by atoms with Crippen molar-refractivity contribution in [3.63, 3.8) is 0 Å². The van der Waals surface area contributed by atoms with Crippen molar-refractivity contribution in [2.24, 2.45) is 28.8 Å². The first-order chi connectivity index (χ1) is 33.0. The molecule has 0 bridgehead atoms. The summed E-state index contributed by atoms with van der Waals surface area (Å²) in [5.74, 6) is 1.45. The van der Waals surface area contributed by atoms with Gasteiger partial charge >= 0.3 is 0 Å². The van der Waals surface area contributed by atoms with Crippen molar-refractivity contribution < 1.29 is 43.5 Å². The first-order valence-electron chi connectivity index (χ1n) is 24.1. The van der Waals surface area contributed by atoms with Gasteiger partial charge in [0.15, 0.2) is 11.5 Å². The second kappa shape index (κ2) is 20.0. The molecular formula is C56H60N2O9. The van der Waals surface area contributed by atoms with Gasteiger partial charge < -0.3 is 43.6 Å². The number of hydrogen-bond donors (Lipinski definition) is 2. The largest absolute Gasteiger partial charge is 0.459 e. The number of rotatable bonds is 20. The van der Waals surface area contributed by atoms with E-state index in [9.17, 15) is 10.2 Å². The van der Waals surface area contributed by atoms with Gasteiger partial charge in [-0.15, -0.1) is 6.58 Å². The highest BCUT2D eigenvalue weighted by atomic mass is 16.7. The second-order valence-corrected chi connectivity index (χ2v) is 18.6. The minimum absolute atomic E-state index is 0.0449. The molecule has 5 aromatic rings. The Morgan fingerprint density at radius 3 is 2.36 bits per heavy atom. The fraction of sp³-hybridized carbons (Fsp3) is 0.393. The van der Waals surface area contributed by atoms with Crippen molar-refractivity contribution in [3.05, 3.63) is 150 Å². The number of nitrogens with zero attached hydrogens (tertiary/aromatic N) is 2. The highest BCUT2D eigenvalue weighted by molar-refractivity contribution is 6.03. The van der Waals surface area contributed by atoms with E-state index in [1.807, 2.05) is 83.8 Å². The van der Waals surface area contributed by atoms with Crippen molar-refractivity contribution in [1.29, 1.82) is 0 Å². The van der Waals surface area contributed by atoms with Crippen LogP contribution in [0, 0.1) is 23.7 Å². The molecule has 6 unspecified atom stereocenters. The van der Waals surface area contributed by atoms with Crippen LogP contribution in [0.5, 0.6) is 28.7 Å². The van der Waals surface area contributed by atoms with E-state index in [4.69, 9.17) is 33.7 Å². The number of fused-ring (bicyclic) bond motifs is 4. The molecule has 348 valence electrons. The smallest absolute Gasteiger partial charge is 0.239 e. The number of carbonyl (C=O) groups is 1. The zero-order valence-corrected chi connectivity index (χ0v) is 38.0. The van der Waals surface area contributed by atoms with Crippen LogP contribution in [0.4, 0.5) is 0 Å². The zero-order valence-electron chi connectivity index (χ0n) is 38.0. The van der Waals surface area contributed by atoms with Crippen LogP contribution in [-0.4, -0.2) is 65.2 Å².